The number of ether oxygens (including phenoxy) is 1. The van der Waals surface area contributed by atoms with Crippen LogP contribution < -0.4 is 0 Å². The van der Waals surface area contributed by atoms with Crippen LogP contribution in [-0.2, 0) is 9.53 Å². The highest BCUT2D eigenvalue weighted by atomic mass is 16.5. The lowest BCUT2D eigenvalue weighted by atomic mass is 10.0. The quantitative estimate of drug-likeness (QED) is 0.110. The topological polar surface area (TPSA) is 26.3 Å². The minimum atomic E-state index is -0.295. The Morgan fingerprint density at radius 2 is 1.12 bits per heavy atom. The molecule has 0 aromatic rings. The fourth-order valence-electron chi connectivity index (χ4n) is 3.01. The molecule has 0 bridgehead atoms. The van der Waals surface area contributed by atoms with Crippen molar-refractivity contribution >= 4 is 5.97 Å². The molecule has 0 unspecified atom stereocenters. The van der Waals surface area contributed by atoms with Crippen molar-refractivity contribution in [1.82, 2.24) is 0 Å². The van der Waals surface area contributed by atoms with Crippen LogP contribution in [0.5, 0.6) is 0 Å². The van der Waals surface area contributed by atoms with E-state index in [9.17, 15) is 4.79 Å². The summed E-state index contributed by atoms with van der Waals surface area (Å²) < 4.78 is 4.53. The standard InChI is InChI=1S/C23H42O2/c1-3-4-5-6-7-8-9-10-11-12-13-14-15-16-17-18-19-20-21-22-23(24)25-2/h19-22H,3-18H2,1-2H3. The summed E-state index contributed by atoms with van der Waals surface area (Å²) in [6, 6.07) is 0. The Morgan fingerprint density at radius 3 is 1.56 bits per heavy atom. The molecular formula is C23H42O2. The van der Waals surface area contributed by atoms with Gasteiger partial charge in [-0.15, -0.1) is 0 Å². The lowest BCUT2D eigenvalue weighted by Crippen LogP contribution is -1.92. The molecule has 0 spiro atoms. The molecule has 0 N–H and O–H groups in total. The number of hydrogen-bond donors (Lipinski definition) is 0. The van der Waals surface area contributed by atoms with Crippen molar-refractivity contribution in [1.29, 1.82) is 0 Å². The van der Waals surface area contributed by atoms with Gasteiger partial charge in [0.05, 0.1) is 7.11 Å². The van der Waals surface area contributed by atoms with Crippen molar-refractivity contribution in [2.75, 3.05) is 7.11 Å². The zero-order valence-corrected chi connectivity index (χ0v) is 16.9. The summed E-state index contributed by atoms with van der Waals surface area (Å²) in [6.45, 7) is 2.28. The molecule has 2 heteroatoms. The van der Waals surface area contributed by atoms with E-state index in [2.05, 4.69) is 17.7 Å². The number of unbranched alkanes of at least 4 members (excludes halogenated alkanes) is 15. The second-order valence-corrected chi connectivity index (χ2v) is 7.05. The Balaban J connectivity index is 3.13. The van der Waals surface area contributed by atoms with E-state index >= 15 is 0 Å². The summed E-state index contributed by atoms with van der Waals surface area (Å²) >= 11 is 0. The van der Waals surface area contributed by atoms with Gasteiger partial charge in [-0.3, -0.25) is 0 Å². The zero-order chi connectivity index (χ0) is 18.4. The maximum atomic E-state index is 10.9. The van der Waals surface area contributed by atoms with Crippen LogP contribution in [0.3, 0.4) is 0 Å². The molecule has 0 atom stereocenters. The highest BCUT2D eigenvalue weighted by molar-refractivity contribution is 5.82. The number of rotatable bonds is 18. The van der Waals surface area contributed by atoms with E-state index in [0.29, 0.717) is 0 Å². The van der Waals surface area contributed by atoms with E-state index < -0.39 is 0 Å². The van der Waals surface area contributed by atoms with Gasteiger partial charge in [-0.05, 0) is 12.8 Å². The first-order valence-electron chi connectivity index (χ1n) is 10.7. The van der Waals surface area contributed by atoms with E-state index in [4.69, 9.17) is 0 Å². The van der Waals surface area contributed by atoms with Crippen molar-refractivity contribution in [3.63, 3.8) is 0 Å². The summed E-state index contributed by atoms with van der Waals surface area (Å²) in [5.74, 6) is -0.295. The fourth-order valence-corrected chi connectivity index (χ4v) is 3.01. The average Bonchev–Trinajstić information content (AvgIpc) is 2.63. The number of carbonyl (C=O) groups is 1. The molecule has 0 aliphatic heterocycles. The molecular weight excluding hydrogens is 308 g/mol. The predicted octanol–water partition coefficient (Wildman–Crippen LogP) is 7.53. The summed E-state index contributed by atoms with van der Waals surface area (Å²) in [6.07, 6.45) is 29.4. The van der Waals surface area contributed by atoms with Gasteiger partial charge in [0.15, 0.2) is 0 Å². The number of allylic oxidation sites excluding steroid dienone is 3. The zero-order valence-electron chi connectivity index (χ0n) is 16.9. The normalized spacial score (nSPS) is 11.6. The van der Waals surface area contributed by atoms with Crippen LogP contribution in [0.1, 0.15) is 110 Å². The lowest BCUT2D eigenvalue weighted by Gasteiger charge is -2.03. The first kappa shape index (κ1) is 23.9. The summed E-state index contributed by atoms with van der Waals surface area (Å²) in [4.78, 5) is 10.9. The van der Waals surface area contributed by atoms with E-state index in [1.165, 1.54) is 109 Å². The largest absolute Gasteiger partial charge is 0.466 e. The molecule has 2 nitrogen and oxygen atoms in total. The molecule has 0 rings (SSSR count). The Morgan fingerprint density at radius 1 is 0.680 bits per heavy atom. The van der Waals surface area contributed by atoms with E-state index in [1.807, 2.05) is 6.08 Å². The maximum Gasteiger partial charge on any atom is 0.330 e. The summed E-state index contributed by atoms with van der Waals surface area (Å²) in [5.41, 5.74) is 0. The monoisotopic (exact) mass is 350 g/mol. The molecule has 0 aliphatic carbocycles. The number of esters is 1. The smallest absolute Gasteiger partial charge is 0.330 e. The maximum absolute atomic E-state index is 10.9. The fraction of sp³-hybridized carbons (Fsp3) is 0.783. The molecule has 0 saturated heterocycles. The van der Waals surface area contributed by atoms with Crippen molar-refractivity contribution < 1.29 is 9.53 Å². The highest BCUT2D eigenvalue weighted by Crippen LogP contribution is 2.13. The van der Waals surface area contributed by atoms with Gasteiger partial charge in [0.1, 0.15) is 0 Å². The molecule has 0 aromatic carbocycles. The van der Waals surface area contributed by atoms with Gasteiger partial charge in [0.2, 0.25) is 0 Å². The molecule has 0 aromatic heterocycles. The van der Waals surface area contributed by atoms with Crippen LogP contribution in [0.4, 0.5) is 0 Å². The molecule has 0 aliphatic rings. The van der Waals surface area contributed by atoms with Crippen LogP contribution >= 0.6 is 0 Å². The molecule has 25 heavy (non-hydrogen) atoms. The van der Waals surface area contributed by atoms with Gasteiger partial charge < -0.3 is 4.74 Å². The molecule has 0 amide bonds. The summed E-state index contributed by atoms with van der Waals surface area (Å²) in [7, 11) is 1.39. The molecule has 0 saturated carbocycles. The second-order valence-electron chi connectivity index (χ2n) is 7.05. The molecule has 146 valence electrons. The van der Waals surface area contributed by atoms with Crippen LogP contribution in [0.15, 0.2) is 24.3 Å². The Hall–Kier alpha value is -1.05. The first-order valence-corrected chi connectivity index (χ1v) is 10.7. The molecule has 0 heterocycles. The van der Waals surface area contributed by atoms with Gasteiger partial charge in [0, 0.05) is 6.08 Å². The van der Waals surface area contributed by atoms with E-state index in [0.717, 1.165) is 6.42 Å². The summed E-state index contributed by atoms with van der Waals surface area (Å²) in [5, 5.41) is 0. The van der Waals surface area contributed by atoms with Crippen LogP contribution in [0.25, 0.3) is 0 Å². The Bertz CT molecular complexity index is 331. The Kier molecular flexibility index (Phi) is 20.1. The highest BCUT2D eigenvalue weighted by Gasteiger charge is 1.94. The molecule has 0 fully saturated rings. The number of methoxy groups -OCH3 is 1. The predicted molar refractivity (Wildman–Crippen MR) is 110 cm³/mol. The number of carbonyl (C=O) groups excluding carboxylic acids is 1. The van der Waals surface area contributed by atoms with Crippen LogP contribution in [0.2, 0.25) is 0 Å². The Labute approximate surface area is 157 Å². The third kappa shape index (κ3) is 20.9. The third-order valence-corrected chi connectivity index (χ3v) is 4.66. The third-order valence-electron chi connectivity index (χ3n) is 4.66. The van der Waals surface area contributed by atoms with Gasteiger partial charge in [-0.2, -0.15) is 0 Å². The second kappa shape index (κ2) is 21.0. The SMILES string of the molecule is CCCCCCCCCCCCCCCCCC=CC=CC(=O)OC. The van der Waals surface area contributed by atoms with E-state index in [-0.39, 0.29) is 5.97 Å². The average molecular weight is 351 g/mol. The van der Waals surface area contributed by atoms with Crippen molar-refractivity contribution in [3.8, 4) is 0 Å². The molecule has 0 radical (unpaired) electrons. The first-order chi connectivity index (χ1) is 12.3. The van der Waals surface area contributed by atoms with Gasteiger partial charge in [-0.1, -0.05) is 115 Å². The lowest BCUT2D eigenvalue weighted by molar-refractivity contribution is -0.134. The van der Waals surface area contributed by atoms with Gasteiger partial charge in [0.25, 0.3) is 0 Å². The van der Waals surface area contributed by atoms with Crippen LogP contribution in [-0.4, -0.2) is 13.1 Å². The number of hydrogen-bond acceptors (Lipinski definition) is 2. The van der Waals surface area contributed by atoms with Gasteiger partial charge >= 0.3 is 5.97 Å². The van der Waals surface area contributed by atoms with Crippen LogP contribution in [0, 0.1) is 0 Å². The van der Waals surface area contributed by atoms with Crippen molar-refractivity contribution in [2.24, 2.45) is 0 Å². The minimum absolute atomic E-state index is 0.295. The van der Waals surface area contributed by atoms with E-state index in [1.54, 1.807) is 6.08 Å². The van der Waals surface area contributed by atoms with Crippen molar-refractivity contribution in [2.45, 2.75) is 110 Å². The minimum Gasteiger partial charge on any atom is -0.466 e. The van der Waals surface area contributed by atoms with Gasteiger partial charge in [-0.25, -0.2) is 4.79 Å². The van der Waals surface area contributed by atoms with Crippen molar-refractivity contribution in [3.05, 3.63) is 24.3 Å².